The summed E-state index contributed by atoms with van der Waals surface area (Å²) in [7, 11) is 0. The molecular formula is C18H21N3. The number of aromatic nitrogens is 1. The summed E-state index contributed by atoms with van der Waals surface area (Å²) in [5, 5.41) is 9.43. The highest BCUT2D eigenvalue weighted by Crippen LogP contribution is 2.35. The van der Waals surface area contributed by atoms with Crippen LogP contribution in [-0.4, -0.2) is 4.57 Å². The Morgan fingerprint density at radius 1 is 1.19 bits per heavy atom. The molecule has 0 aliphatic heterocycles. The zero-order valence-electron chi connectivity index (χ0n) is 12.7. The van der Waals surface area contributed by atoms with Crippen molar-refractivity contribution in [2.75, 3.05) is 5.73 Å². The second-order valence-corrected chi connectivity index (χ2v) is 5.96. The maximum atomic E-state index is 9.43. The van der Waals surface area contributed by atoms with Crippen LogP contribution >= 0.6 is 0 Å². The fraction of sp³-hybridized carbons (Fsp3) is 0.389. The normalized spacial score (nSPS) is 15.3. The molecule has 0 saturated carbocycles. The third kappa shape index (κ3) is 2.21. The minimum atomic E-state index is 0.166. The lowest BCUT2D eigenvalue weighted by molar-refractivity contribution is 0.577. The van der Waals surface area contributed by atoms with Crippen LogP contribution in [0.3, 0.4) is 0 Å². The van der Waals surface area contributed by atoms with Gasteiger partial charge in [0.15, 0.2) is 0 Å². The monoisotopic (exact) mass is 279 g/mol. The zero-order valence-corrected chi connectivity index (χ0v) is 12.7. The first-order valence-electron chi connectivity index (χ1n) is 7.61. The molecule has 3 heteroatoms. The molecule has 1 atom stereocenters. The number of benzene rings is 1. The molecule has 1 aliphatic carbocycles. The summed E-state index contributed by atoms with van der Waals surface area (Å²) in [6.45, 7) is 4.26. The summed E-state index contributed by atoms with van der Waals surface area (Å²) >= 11 is 0. The van der Waals surface area contributed by atoms with E-state index < -0.39 is 0 Å². The number of anilines is 1. The molecule has 1 aromatic carbocycles. The summed E-state index contributed by atoms with van der Waals surface area (Å²) in [5.74, 6) is 0.637. The number of nitrogens with two attached hydrogens (primary N) is 1. The van der Waals surface area contributed by atoms with E-state index in [9.17, 15) is 5.26 Å². The van der Waals surface area contributed by atoms with Gasteiger partial charge in [0.25, 0.3) is 0 Å². The van der Waals surface area contributed by atoms with Crippen LogP contribution in [0.15, 0.2) is 24.3 Å². The van der Waals surface area contributed by atoms with Gasteiger partial charge in [-0.15, -0.1) is 0 Å². The van der Waals surface area contributed by atoms with E-state index in [4.69, 9.17) is 5.73 Å². The van der Waals surface area contributed by atoms with E-state index in [0.29, 0.717) is 11.4 Å². The first kappa shape index (κ1) is 13.8. The van der Waals surface area contributed by atoms with Crippen molar-refractivity contribution >= 4 is 5.82 Å². The van der Waals surface area contributed by atoms with Crippen LogP contribution in [0.2, 0.25) is 0 Å². The molecule has 3 nitrogen and oxygen atoms in total. The minimum absolute atomic E-state index is 0.166. The summed E-state index contributed by atoms with van der Waals surface area (Å²) in [4.78, 5) is 0. The maximum absolute atomic E-state index is 9.43. The first-order chi connectivity index (χ1) is 10.1. The number of hydrogen-bond donors (Lipinski definition) is 1. The number of nitrogens with zero attached hydrogens (tertiary/aromatic N) is 2. The lowest BCUT2D eigenvalue weighted by Crippen LogP contribution is -2.15. The highest BCUT2D eigenvalue weighted by molar-refractivity contribution is 5.60. The molecule has 0 saturated heterocycles. The highest BCUT2D eigenvalue weighted by atomic mass is 15.1. The number of fused-ring (bicyclic) bond motifs is 1. The quantitative estimate of drug-likeness (QED) is 0.910. The summed E-state index contributed by atoms with van der Waals surface area (Å²) in [6, 6.07) is 11.0. The Balaban J connectivity index is 2.12. The smallest absolute Gasteiger partial charge is 0.122 e. The predicted molar refractivity (Wildman–Crippen MR) is 85.2 cm³/mol. The second-order valence-electron chi connectivity index (χ2n) is 5.96. The molecule has 0 bridgehead atoms. The Labute approximate surface area is 126 Å². The highest BCUT2D eigenvalue weighted by Gasteiger charge is 2.26. The van der Waals surface area contributed by atoms with Crippen molar-refractivity contribution in [3.05, 3.63) is 52.2 Å². The van der Waals surface area contributed by atoms with E-state index in [2.05, 4.69) is 48.7 Å². The van der Waals surface area contributed by atoms with Crippen LogP contribution in [0.25, 0.3) is 0 Å². The molecule has 1 aliphatic rings. The van der Waals surface area contributed by atoms with Gasteiger partial charge in [0, 0.05) is 5.69 Å². The Morgan fingerprint density at radius 3 is 2.52 bits per heavy atom. The molecular weight excluding hydrogens is 258 g/mol. The standard InChI is InChI=1S/C18H21N3/c1-12-7-9-14(10-8-12)13(2)21-17-6-4-3-5-15(17)16(11-19)18(21)20/h7-10,13H,3-6,20H2,1-2H3/t13-/m0/s1. The first-order valence-corrected chi connectivity index (χ1v) is 7.61. The molecule has 1 heterocycles. The van der Waals surface area contributed by atoms with Gasteiger partial charge in [-0.25, -0.2) is 0 Å². The fourth-order valence-electron chi connectivity index (χ4n) is 3.41. The lowest BCUT2D eigenvalue weighted by atomic mass is 9.95. The molecule has 2 N–H and O–H groups in total. The average molecular weight is 279 g/mol. The van der Waals surface area contributed by atoms with E-state index in [1.165, 1.54) is 28.8 Å². The Morgan fingerprint density at radius 2 is 1.86 bits per heavy atom. The summed E-state index contributed by atoms with van der Waals surface area (Å²) in [6.07, 6.45) is 4.35. The Bertz CT molecular complexity index is 702. The molecule has 0 radical (unpaired) electrons. The van der Waals surface area contributed by atoms with Crippen LogP contribution in [0.4, 0.5) is 5.82 Å². The predicted octanol–water partition coefficient (Wildman–Crippen LogP) is 3.74. The van der Waals surface area contributed by atoms with Crippen molar-refractivity contribution in [3.8, 4) is 6.07 Å². The average Bonchev–Trinajstić information content (AvgIpc) is 2.78. The van der Waals surface area contributed by atoms with Crippen molar-refractivity contribution in [1.29, 1.82) is 5.26 Å². The molecule has 0 fully saturated rings. The van der Waals surface area contributed by atoms with Crippen LogP contribution in [0, 0.1) is 18.3 Å². The number of nitriles is 1. The van der Waals surface area contributed by atoms with Gasteiger partial charge in [0.05, 0.1) is 11.6 Å². The molecule has 21 heavy (non-hydrogen) atoms. The number of aryl methyl sites for hydroxylation is 1. The molecule has 0 unspecified atom stereocenters. The molecule has 0 amide bonds. The Kier molecular flexibility index (Phi) is 3.47. The Hall–Kier alpha value is -2.21. The van der Waals surface area contributed by atoms with Crippen molar-refractivity contribution in [3.63, 3.8) is 0 Å². The zero-order chi connectivity index (χ0) is 15.0. The minimum Gasteiger partial charge on any atom is -0.384 e. The fourth-order valence-corrected chi connectivity index (χ4v) is 3.41. The third-order valence-electron chi connectivity index (χ3n) is 4.61. The van der Waals surface area contributed by atoms with Gasteiger partial charge in [-0.05, 0) is 50.7 Å². The van der Waals surface area contributed by atoms with Crippen LogP contribution in [0.5, 0.6) is 0 Å². The van der Waals surface area contributed by atoms with Crippen molar-refractivity contribution in [2.24, 2.45) is 0 Å². The van der Waals surface area contributed by atoms with E-state index in [1.807, 2.05) is 0 Å². The van der Waals surface area contributed by atoms with Gasteiger partial charge in [0.1, 0.15) is 11.9 Å². The van der Waals surface area contributed by atoms with Gasteiger partial charge >= 0.3 is 0 Å². The van der Waals surface area contributed by atoms with Gasteiger partial charge in [-0.3, -0.25) is 0 Å². The van der Waals surface area contributed by atoms with E-state index >= 15 is 0 Å². The summed E-state index contributed by atoms with van der Waals surface area (Å²) < 4.78 is 2.18. The van der Waals surface area contributed by atoms with E-state index in [1.54, 1.807) is 0 Å². The van der Waals surface area contributed by atoms with Gasteiger partial charge < -0.3 is 10.3 Å². The van der Waals surface area contributed by atoms with Gasteiger partial charge in [-0.1, -0.05) is 29.8 Å². The van der Waals surface area contributed by atoms with Crippen molar-refractivity contribution in [1.82, 2.24) is 4.57 Å². The maximum Gasteiger partial charge on any atom is 0.122 e. The van der Waals surface area contributed by atoms with Crippen LogP contribution in [0.1, 0.15) is 53.8 Å². The second kappa shape index (κ2) is 5.29. The molecule has 3 rings (SSSR count). The number of rotatable bonds is 2. The molecule has 0 spiro atoms. The summed E-state index contributed by atoms with van der Waals surface area (Å²) in [5.41, 5.74) is 11.9. The number of nitrogen functional groups attached to an aromatic ring is 1. The number of hydrogen-bond acceptors (Lipinski definition) is 2. The largest absolute Gasteiger partial charge is 0.384 e. The van der Waals surface area contributed by atoms with E-state index in [-0.39, 0.29) is 6.04 Å². The lowest BCUT2D eigenvalue weighted by Gasteiger charge is -2.22. The van der Waals surface area contributed by atoms with Gasteiger partial charge in [0.2, 0.25) is 0 Å². The van der Waals surface area contributed by atoms with Crippen molar-refractivity contribution in [2.45, 2.75) is 45.6 Å². The van der Waals surface area contributed by atoms with Crippen LogP contribution in [-0.2, 0) is 12.8 Å². The van der Waals surface area contributed by atoms with Crippen molar-refractivity contribution < 1.29 is 0 Å². The van der Waals surface area contributed by atoms with E-state index in [0.717, 1.165) is 19.3 Å². The van der Waals surface area contributed by atoms with Crippen LogP contribution < -0.4 is 5.73 Å². The third-order valence-corrected chi connectivity index (χ3v) is 4.61. The topological polar surface area (TPSA) is 54.7 Å². The molecule has 1 aromatic heterocycles. The SMILES string of the molecule is Cc1ccc([C@H](C)n2c(N)c(C#N)c3c2CCCC3)cc1. The van der Waals surface area contributed by atoms with Gasteiger partial charge in [-0.2, -0.15) is 5.26 Å². The molecule has 2 aromatic rings. The molecule has 108 valence electrons.